The summed E-state index contributed by atoms with van der Waals surface area (Å²) in [7, 11) is 1.26. The highest BCUT2D eigenvalue weighted by Crippen LogP contribution is 2.32. The van der Waals surface area contributed by atoms with E-state index in [1.165, 1.54) is 20.0 Å². The van der Waals surface area contributed by atoms with E-state index in [2.05, 4.69) is 25.2 Å². The van der Waals surface area contributed by atoms with Gasteiger partial charge < -0.3 is 25.0 Å². The SMILES string of the molecule is COC(=O)c1c(OCc2cccc(C(=O)NC3CC3)c2)nsc1NC(=O)NCCCN1CCCC1. The Morgan fingerprint density at radius 3 is 2.74 bits per heavy atom. The smallest absolute Gasteiger partial charge is 0.346 e. The summed E-state index contributed by atoms with van der Waals surface area (Å²) >= 11 is 0.945. The first-order valence-electron chi connectivity index (χ1n) is 11.9. The molecule has 0 atom stereocenters. The Hall–Kier alpha value is -3.18. The second kappa shape index (κ2) is 12.0. The van der Waals surface area contributed by atoms with Crippen molar-refractivity contribution in [1.29, 1.82) is 0 Å². The molecule has 0 unspecified atom stereocenters. The first-order valence-corrected chi connectivity index (χ1v) is 12.7. The number of urea groups is 1. The number of anilines is 1. The molecule has 3 amide bonds. The number of hydrogen-bond donors (Lipinski definition) is 3. The first kappa shape index (κ1) is 24.9. The van der Waals surface area contributed by atoms with Crippen LogP contribution < -0.4 is 20.7 Å². The van der Waals surface area contributed by atoms with E-state index < -0.39 is 12.0 Å². The second-order valence-corrected chi connectivity index (χ2v) is 9.48. The Bertz CT molecular complexity index is 1050. The molecule has 2 heterocycles. The number of aromatic nitrogens is 1. The molecule has 35 heavy (non-hydrogen) atoms. The van der Waals surface area contributed by atoms with Gasteiger partial charge in [-0.25, -0.2) is 9.59 Å². The summed E-state index contributed by atoms with van der Waals surface area (Å²) in [5.74, 6) is -0.703. The van der Waals surface area contributed by atoms with Crippen LogP contribution in [0.15, 0.2) is 24.3 Å². The van der Waals surface area contributed by atoms with Crippen molar-refractivity contribution in [2.75, 3.05) is 38.6 Å². The minimum atomic E-state index is -0.657. The molecule has 2 aromatic rings. The molecule has 3 N–H and O–H groups in total. The number of carbonyl (C=O) groups excluding carboxylic acids is 3. The third-order valence-electron chi connectivity index (χ3n) is 5.89. The van der Waals surface area contributed by atoms with Gasteiger partial charge in [0.1, 0.15) is 11.6 Å². The van der Waals surface area contributed by atoms with E-state index in [-0.39, 0.29) is 35.0 Å². The minimum Gasteiger partial charge on any atom is -0.472 e. The Labute approximate surface area is 208 Å². The number of esters is 1. The predicted molar refractivity (Wildman–Crippen MR) is 132 cm³/mol. The molecular formula is C24H31N5O5S. The summed E-state index contributed by atoms with van der Waals surface area (Å²) in [6, 6.07) is 6.96. The third-order valence-corrected chi connectivity index (χ3v) is 6.64. The van der Waals surface area contributed by atoms with E-state index in [1.54, 1.807) is 18.2 Å². The Balaban J connectivity index is 1.32. The van der Waals surface area contributed by atoms with Crippen molar-refractivity contribution in [3.8, 4) is 5.88 Å². The van der Waals surface area contributed by atoms with Crippen LogP contribution >= 0.6 is 11.5 Å². The molecule has 2 aliphatic rings. The van der Waals surface area contributed by atoms with Crippen LogP contribution in [0.4, 0.5) is 9.80 Å². The number of methoxy groups -OCH3 is 1. The summed E-state index contributed by atoms with van der Waals surface area (Å²) in [4.78, 5) is 39.4. The molecule has 1 aliphatic heterocycles. The van der Waals surface area contributed by atoms with Crippen LogP contribution in [0.1, 0.15) is 58.4 Å². The van der Waals surface area contributed by atoms with Gasteiger partial charge in [-0.3, -0.25) is 10.1 Å². The summed E-state index contributed by atoms with van der Waals surface area (Å²) < 4.78 is 14.9. The fourth-order valence-electron chi connectivity index (χ4n) is 3.85. The lowest BCUT2D eigenvalue weighted by Gasteiger charge is -2.14. The number of carbonyl (C=O) groups is 3. The van der Waals surface area contributed by atoms with E-state index >= 15 is 0 Å². The van der Waals surface area contributed by atoms with E-state index in [1.807, 2.05) is 6.07 Å². The van der Waals surface area contributed by atoms with Crippen molar-refractivity contribution < 1.29 is 23.9 Å². The summed E-state index contributed by atoms with van der Waals surface area (Å²) in [5, 5.41) is 8.70. The van der Waals surface area contributed by atoms with Crippen LogP contribution in [0.5, 0.6) is 5.88 Å². The van der Waals surface area contributed by atoms with Gasteiger partial charge in [0.15, 0.2) is 5.56 Å². The van der Waals surface area contributed by atoms with Crippen molar-refractivity contribution in [3.63, 3.8) is 0 Å². The van der Waals surface area contributed by atoms with E-state index in [4.69, 9.17) is 9.47 Å². The highest BCUT2D eigenvalue weighted by atomic mass is 32.1. The normalized spacial score (nSPS) is 15.5. The fourth-order valence-corrected chi connectivity index (χ4v) is 4.57. The molecule has 1 saturated heterocycles. The Morgan fingerprint density at radius 1 is 1.20 bits per heavy atom. The molecule has 1 aromatic carbocycles. The zero-order valence-electron chi connectivity index (χ0n) is 19.8. The van der Waals surface area contributed by atoms with Gasteiger partial charge >= 0.3 is 12.0 Å². The lowest BCUT2D eigenvalue weighted by Crippen LogP contribution is -2.32. The summed E-state index contributed by atoms with van der Waals surface area (Å²) in [5.41, 5.74) is 1.36. The lowest BCUT2D eigenvalue weighted by molar-refractivity contribution is 0.0596. The highest BCUT2D eigenvalue weighted by Gasteiger charge is 2.26. The lowest BCUT2D eigenvalue weighted by atomic mass is 10.1. The molecule has 0 spiro atoms. The monoisotopic (exact) mass is 501 g/mol. The van der Waals surface area contributed by atoms with Crippen LogP contribution in [0.3, 0.4) is 0 Å². The fraction of sp³-hybridized carbons (Fsp3) is 0.500. The van der Waals surface area contributed by atoms with Crippen molar-refractivity contribution in [2.24, 2.45) is 0 Å². The molecule has 11 heteroatoms. The average molecular weight is 502 g/mol. The van der Waals surface area contributed by atoms with E-state index in [0.29, 0.717) is 12.1 Å². The van der Waals surface area contributed by atoms with Crippen LogP contribution in [0.2, 0.25) is 0 Å². The molecule has 1 aromatic heterocycles. The minimum absolute atomic E-state index is 0.0624. The van der Waals surface area contributed by atoms with Gasteiger partial charge in [0, 0.05) is 18.2 Å². The molecule has 1 aliphatic carbocycles. The highest BCUT2D eigenvalue weighted by molar-refractivity contribution is 7.11. The maximum Gasteiger partial charge on any atom is 0.346 e. The number of hydrogen-bond acceptors (Lipinski definition) is 8. The number of nitrogens with one attached hydrogen (secondary N) is 3. The van der Waals surface area contributed by atoms with Gasteiger partial charge in [0.25, 0.3) is 5.91 Å². The van der Waals surface area contributed by atoms with Crippen molar-refractivity contribution >= 4 is 34.4 Å². The van der Waals surface area contributed by atoms with Gasteiger partial charge in [-0.1, -0.05) is 12.1 Å². The number of benzene rings is 1. The molecule has 2 fully saturated rings. The van der Waals surface area contributed by atoms with Crippen molar-refractivity contribution in [2.45, 2.75) is 44.8 Å². The third kappa shape index (κ3) is 7.15. The Kier molecular flexibility index (Phi) is 8.54. The number of ether oxygens (including phenoxy) is 2. The topological polar surface area (TPSA) is 122 Å². The second-order valence-electron chi connectivity index (χ2n) is 8.70. The maximum atomic E-state index is 12.4. The zero-order valence-corrected chi connectivity index (χ0v) is 20.6. The average Bonchev–Trinajstić information content (AvgIpc) is 3.36. The summed E-state index contributed by atoms with van der Waals surface area (Å²) in [6.07, 6.45) is 5.36. The van der Waals surface area contributed by atoms with Gasteiger partial charge in [-0.05, 0) is 81.0 Å². The molecule has 0 radical (unpaired) electrons. The molecule has 1 saturated carbocycles. The summed E-state index contributed by atoms with van der Waals surface area (Å²) in [6.45, 7) is 3.82. The quantitative estimate of drug-likeness (QED) is 0.320. The maximum absolute atomic E-state index is 12.4. The van der Waals surface area contributed by atoms with Crippen molar-refractivity contribution in [3.05, 3.63) is 41.0 Å². The van der Waals surface area contributed by atoms with E-state index in [0.717, 1.165) is 56.0 Å². The van der Waals surface area contributed by atoms with Gasteiger partial charge in [-0.15, -0.1) is 0 Å². The van der Waals surface area contributed by atoms with Crippen LogP contribution in [0, 0.1) is 0 Å². The predicted octanol–water partition coefficient (Wildman–Crippen LogP) is 3.01. The number of amides is 3. The van der Waals surface area contributed by atoms with Crippen molar-refractivity contribution in [1.82, 2.24) is 19.9 Å². The molecule has 10 nitrogen and oxygen atoms in total. The number of likely N-dealkylation sites (tertiary alicyclic amines) is 1. The van der Waals surface area contributed by atoms with Crippen LogP contribution in [-0.4, -0.2) is 66.5 Å². The molecular weight excluding hydrogens is 470 g/mol. The molecule has 188 valence electrons. The van der Waals surface area contributed by atoms with Gasteiger partial charge in [0.2, 0.25) is 5.88 Å². The number of nitrogens with zero attached hydrogens (tertiary/aromatic N) is 2. The van der Waals surface area contributed by atoms with E-state index in [9.17, 15) is 14.4 Å². The largest absolute Gasteiger partial charge is 0.472 e. The Morgan fingerprint density at radius 2 is 2.00 bits per heavy atom. The van der Waals surface area contributed by atoms with Crippen LogP contribution in [-0.2, 0) is 11.3 Å². The number of rotatable bonds is 11. The van der Waals surface area contributed by atoms with Gasteiger partial charge in [-0.2, -0.15) is 4.37 Å². The van der Waals surface area contributed by atoms with Crippen LogP contribution in [0.25, 0.3) is 0 Å². The van der Waals surface area contributed by atoms with Gasteiger partial charge in [0.05, 0.1) is 7.11 Å². The zero-order chi connectivity index (χ0) is 24.6. The first-order chi connectivity index (χ1) is 17.0. The molecule has 0 bridgehead atoms. The standard InChI is InChI=1S/C24H31N5O5S/c1-33-23(31)19-21(34-15-16-6-4-7-17(14-16)20(30)26-18-8-9-18)28-35-22(19)27-24(32)25-10-5-13-29-11-2-3-12-29/h4,6-7,14,18H,2-3,5,8-13,15H2,1H3,(H,26,30)(H2,25,27,32). The molecule has 4 rings (SSSR count).